The van der Waals surface area contributed by atoms with Gasteiger partial charge in [0.05, 0.1) is 5.69 Å². The molecular formula is C26H34Cl2FN5O. The SMILES string of the molecule is Cc1cccc(N2CCN(CCNC(=O)c3nc(C)n(-c4ccc(F)cc4)c3C)CC2)c1C.Cl.Cl. The number of rotatable bonds is 6. The van der Waals surface area contributed by atoms with Gasteiger partial charge in [-0.25, -0.2) is 9.37 Å². The van der Waals surface area contributed by atoms with Crippen molar-refractivity contribution in [2.24, 2.45) is 0 Å². The number of hydrogen-bond donors (Lipinski definition) is 1. The van der Waals surface area contributed by atoms with Gasteiger partial charge in [0.25, 0.3) is 5.91 Å². The highest BCUT2D eigenvalue weighted by Gasteiger charge is 2.21. The Kier molecular flexibility index (Phi) is 10.1. The maximum absolute atomic E-state index is 13.3. The number of amides is 1. The monoisotopic (exact) mass is 521 g/mol. The molecule has 190 valence electrons. The van der Waals surface area contributed by atoms with Crippen LogP contribution in [0.5, 0.6) is 0 Å². The van der Waals surface area contributed by atoms with E-state index in [-0.39, 0.29) is 36.5 Å². The standard InChI is InChI=1S/C26H32FN5O.2ClH/c1-18-6-5-7-24(19(18)2)31-16-14-30(15-17-31)13-12-28-26(33)25-20(3)32(21(4)29-25)23-10-8-22(27)9-11-23;;/h5-11H,12-17H2,1-4H3,(H,28,33);2*1H. The molecule has 6 nitrogen and oxygen atoms in total. The van der Waals surface area contributed by atoms with Crippen LogP contribution in [0, 0.1) is 33.5 Å². The predicted octanol–water partition coefficient (Wildman–Crippen LogP) is 4.64. The van der Waals surface area contributed by atoms with Gasteiger partial charge in [0.15, 0.2) is 0 Å². The molecule has 0 saturated carbocycles. The Morgan fingerprint density at radius 2 is 1.63 bits per heavy atom. The molecule has 1 N–H and O–H groups in total. The van der Waals surface area contributed by atoms with Gasteiger partial charge in [-0.15, -0.1) is 24.8 Å². The van der Waals surface area contributed by atoms with Gasteiger partial charge in [-0.2, -0.15) is 0 Å². The lowest BCUT2D eigenvalue weighted by Gasteiger charge is -2.37. The fourth-order valence-corrected chi connectivity index (χ4v) is 4.53. The van der Waals surface area contributed by atoms with Crippen LogP contribution in [-0.2, 0) is 0 Å². The third kappa shape index (κ3) is 6.34. The maximum atomic E-state index is 13.3. The Bertz CT molecular complexity index is 1140. The number of benzene rings is 2. The fourth-order valence-electron chi connectivity index (χ4n) is 4.53. The number of imidazole rings is 1. The van der Waals surface area contributed by atoms with Gasteiger partial charge in [-0.3, -0.25) is 9.69 Å². The highest BCUT2D eigenvalue weighted by molar-refractivity contribution is 5.93. The third-order valence-corrected chi connectivity index (χ3v) is 6.58. The van der Waals surface area contributed by atoms with Crippen molar-refractivity contribution in [3.8, 4) is 5.69 Å². The Labute approximate surface area is 219 Å². The summed E-state index contributed by atoms with van der Waals surface area (Å²) in [5.41, 5.74) is 5.95. The van der Waals surface area contributed by atoms with E-state index in [4.69, 9.17) is 0 Å². The zero-order valence-corrected chi connectivity index (χ0v) is 22.3. The van der Waals surface area contributed by atoms with Gasteiger partial charge < -0.3 is 14.8 Å². The van der Waals surface area contributed by atoms with Crippen LogP contribution >= 0.6 is 24.8 Å². The van der Waals surface area contributed by atoms with Crippen molar-refractivity contribution in [3.63, 3.8) is 0 Å². The second-order valence-corrected chi connectivity index (χ2v) is 8.71. The summed E-state index contributed by atoms with van der Waals surface area (Å²) in [6, 6.07) is 12.7. The van der Waals surface area contributed by atoms with Crippen molar-refractivity contribution in [1.29, 1.82) is 0 Å². The summed E-state index contributed by atoms with van der Waals surface area (Å²) in [5.74, 6) is 0.235. The van der Waals surface area contributed by atoms with E-state index in [1.165, 1.54) is 28.9 Å². The van der Waals surface area contributed by atoms with Crippen LogP contribution in [0.15, 0.2) is 42.5 Å². The van der Waals surface area contributed by atoms with Crippen molar-refractivity contribution >= 4 is 36.4 Å². The molecular weight excluding hydrogens is 488 g/mol. The maximum Gasteiger partial charge on any atom is 0.271 e. The van der Waals surface area contributed by atoms with Crippen molar-refractivity contribution in [2.75, 3.05) is 44.2 Å². The Morgan fingerprint density at radius 3 is 2.29 bits per heavy atom. The van der Waals surface area contributed by atoms with Crippen LogP contribution in [-0.4, -0.2) is 59.6 Å². The first-order valence-corrected chi connectivity index (χ1v) is 11.5. The van der Waals surface area contributed by atoms with E-state index in [0.29, 0.717) is 18.1 Å². The molecule has 0 aliphatic carbocycles. The number of carbonyl (C=O) groups is 1. The van der Waals surface area contributed by atoms with Gasteiger partial charge in [-0.05, 0) is 69.2 Å². The predicted molar refractivity (Wildman–Crippen MR) is 144 cm³/mol. The average molecular weight is 522 g/mol. The summed E-state index contributed by atoms with van der Waals surface area (Å²) in [6.07, 6.45) is 0. The molecule has 9 heteroatoms. The average Bonchev–Trinajstić information content (AvgIpc) is 3.11. The second-order valence-electron chi connectivity index (χ2n) is 8.71. The van der Waals surface area contributed by atoms with E-state index in [2.05, 4.69) is 52.1 Å². The minimum Gasteiger partial charge on any atom is -0.369 e. The minimum absolute atomic E-state index is 0. The summed E-state index contributed by atoms with van der Waals surface area (Å²) in [4.78, 5) is 22.1. The lowest BCUT2D eigenvalue weighted by Crippen LogP contribution is -2.48. The zero-order valence-electron chi connectivity index (χ0n) is 20.7. The summed E-state index contributed by atoms with van der Waals surface area (Å²) in [5, 5.41) is 3.02. The van der Waals surface area contributed by atoms with Crippen molar-refractivity contribution in [2.45, 2.75) is 27.7 Å². The fraction of sp³-hybridized carbons (Fsp3) is 0.385. The molecule has 0 unspecified atom stereocenters. The Hall–Kier alpha value is -2.61. The van der Waals surface area contributed by atoms with E-state index >= 15 is 0 Å². The number of nitrogens with one attached hydrogen (secondary N) is 1. The minimum atomic E-state index is -0.290. The Morgan fingerprint density at radius 1 is 0.971 bits per heavy atom. The van der Waals surface area contributed by atoms with Crippen LogP contribution < -0.4 is 10.2 Å². The molecule has 0 spiro atoms. The van der Waals surface area contributed by atoms with E-state index in [1.54, 1.807) is 12.1 Å². The van der Waals surface area contributed by atoms with Gasteiger partial charge in [0.2, 0.25) is 0 Å². The van der Waals surface area contributed by atoms with E-state index < -0.39 is 0 Å². The smallest absolute Gasteiger partial charge is 0.271 e. The topological polar surface area (TPSA) is 53.4 Å². The second kappa shape index (κ2) is 12.4. The highest BCUT2D eigenvalue weighted by Crippen LogP contribution is 2.24. The highest BCUT2D eigenvalue weighted by atomic mass is 35.5. The van der Waals surface area contributed by atoms with Crippen LogP contribution in [0.1, 0.15) is 33.1 Å². The molecule has 35 heavy (non-hydrogen) atoms. The van der Waals surface area contributed by atoms with Crippen molar-refractivity contribution in [1.82, 2.24) is 19.8 Å². The first-order chi connectivity index (χ1) is 15.8. The molecule has 0 atom stereocenters. The molecule has 1 amide bonds. The largest absolute Gasteiger partial charge is 0.369 e. The lowest BCUT2D eigenvalue weighted by atomic mass is 10.1. The van der Waals surface area contributed by atoms with Crippen LogP contribution in [0.3, 0.4) is 0 Å². The molecule has 2 aromatic carbocycles. The van der Waals surface area contributed by atoms with Gasteiger partial charge in [-0.1, -0.05) is 12.1 Å². The van der Waals surface area contributed by atoms with Crippen LogP contribution in [0.2, 0.25) is 0 Å². The quantitative estimate of drug-likeness (QED) is 0.513. The van der Waals surface area contributed by atoms with Crippen molar-refractivity contribution in [3.05, 3.63) is 76.6 Å². The van der Waals surface area contributed by atoms with Gasteiger partial charge in [0.1, 0.15) is 17.3 Å². The summed E-state index contributed by atoms with van der Waals surface area (Å²) in [7, 11) is 0. The van der Waals surface area contributed by atoms with E-state index in [0.717, 1.165) is 44.1 Å². The van der Waals surface area contributed by atoms with Crippen LogP contribution in [0.4, 0.5) is 10.1 Å². The number of hydrogen-bond acceptors (Lipinski definition) is 4. The number of carbonyl (C=O) groups excluding carboxylic acids is 1. The zero-order chi connectivity index (χ0) is 23.5. The number of aromatic nitrogens is 2. The van der Waals surface area contributed by atoms with Crippen molar-refractivity contribution < 1.29 is 9.18 Å². The molecule has 1 aromatic heterocycles. The first-order valence-electron chi connectivity index (χ1n) is 11.5. The number of nitrogens with zero attached hydrogens (tertiary/aromatic N) is 4. The lowest BCUT2D eigenvalue weighted by molar-refractivity contribution is 0.0942. The summed E-state index contributed by atoms with van der Waals surface area (Å²) >= 11 is 0. The summed E-state index contributed by atoms with van der Waals surface area (Å²) < 4.78 is 15.2. The van der Waals surface area contributed by atoms with Crippen LogP contribution in [0.25, 0.3) is 5.69 Å². The molecule has 1 aliphatic heterocycles. The van der Waals surface area contributed by atoms with Gasteiger partial charge in [0, 0.05) is 50.6 Å². The third-order valence-electron chi connectivity index (χ3n) is 6.58. The summed E-state index contributed by atoms with van der Waals surface area (Å²) in [6.45, 7) is 13.4. The molecule has 0 radical (unpaired) electrons. The number of halogens is 3. The van der Waals surface area contributed by atoms with E-state index in [9.17, 15) is 9.18 Å². The Balaban J connectivity index is 0.00000216. The molecule has 3 aromatic rings. The van der Waals surface area contributed by atoms with Gasteiger partial charge >= 0.3 is 0 Å². The molecule has 0 bridgehead atoms. The molecule has 1 aliphatic rings. The molecule has 1 fully saturated rings. The number of piperazine rings is 1. The first kappa shape index (κ1) is 28.6. The van der Waals surface area contributed by atoms with E-state index in [1.807, 2.05) is 18.4 Å². The molecule has 1 saturated heterocycles. The normalized spacial score (nSPS) is 13.7. The number of anilines is 1. The molecule has 2 heterocycles. The number of aryl methyl sites for hydroxylation is 2. The molecule has 4 rings (SSSR count).